The van der Waals surface area contributed by atoms with Crippen molar-refractivity contribution in [3.05, 3.63) is 35.6 Å². The maximum absolute atomic E-state index is 13.5. The summed E-state index contributed by atoms with van der Waals surface area (Å²) in [6.45, 7) is 8.73. The Morgan fingerprint density at radius 1 is 1.13 bits per heavy atom. The van der Waals surface area contributed by atoms with E-state index < -0.39 is 0 Å². The first-order valence-electron chi connectivity index (χ1n) is 11.5. The molecule has 30 heavy (non-hydrogen) atoms. The highest BCUT2D eigenvalue weighted by molar-refractivity contribution is 5.81. The zero-order valence-electron chi connectivity index (χ0n) is 18.4. The Bertz CT molecular complexity index is 716. The zero-order valence-corrected chi connectivity index (χ0v) is 18.4. The van der Waals surface area contributed by atoms with Gasteiger partial charge >= 0.3 is 0 Å². The van der Waals surface area contributed by atoms with Crippen LogP contribution in [0, 0.1) is 23.6 Å². The molecule has 2 heterocycles. The number of hydrogen-bond acceptors (Lipinski definition) is 3. The maximum Gasteiger partial charge on any atom is 0.226 e. The number of nitrogens with zero attached hydrogens (tertiary/aromatic N) is 2. The van der Waals surface area contributed by atoms with Crippen LogP contribution in [0.3, 0.4) is 0 Å². The van der Waals surface area contributed by atoms with Crippen molar-refractivity contribution in [2.75, 3.05) is 32.7 Å². The summed E-state index contributed by atoms with van der Waals surface area (Å²) >= 11 is 0. The first kappa shape index (κ1) is 22.7. The van der Waals surface area contributed by atoms with Crippen LogP contribution in [0.1, 0.15) is 51.5 Å². The molecule has 2 fully saturated rings. The van der Waals surface area contributed by atoms with Crippen LogP contribution in [0.25, 0.3) is 0 Å². The molecule has 6 heteroatoms. The van der Waals surface area contributed by atoms with Crippen molar-refractivity contribution in [3.63, 3.8) is 0 Å². The van der Waals surface area contributed by atoms with Gasteiger partial charge in [0.1, 0.15) is 5.82 Å². The number of nitrogens with one attached hydrogen (secondary N) is 1. The van der Waals surface area contributed by atoms with Crippen LogP contribution in [0.2, 0.25) is 0 Å². The minimum atomic E-state index is -0.215. The number of benzene rings is 1. The monoisotopic (exact) mass is 417 g/mol. The second-order valence-electron chi connectivity index (χ2n) is 9.28. The van der Waals surface area contributed by atoms with Gasteiger partial charge in [-0.3, -0.25) is 14.5 Å². The third-order valence-electron chi connectivity index (χ3n) is 6.35. The Kier molecular flexibility index (Phi) is 8.25. The lowest BCUT2D eigenvalue weighted by molar-refractivity contribution is -0.140. The zero-order chi connectivity index (χ0) is 21.5. The van der Waals surface area contributed by atoms with Crippen LogP contribution >= 0.6 is 0 Å². The Labute approximate surface area is 180 Å². The lowest BCUT2D eigenvalue weighted by atomic mass is 9.92. The Morgan fingerprint density at radius 3 is 2.60 bits per heavy atom. The predicted molar refractivity (Wildman–Crippen MR) is 116 cm³/mol. The van der Waals surface area contributed by atoms with Gasteiger partial charge in [0.05, 0.1) is 5.92 Å². The van der Waals surface area contributed by atoms with Crippen molar-refractivity contribution >= 4 is 11.8 Å². The number of amides is 2. The Morgan fingerprint density at radius 2 is 1.90 bits per heavy atom. The van der Waals surface area contributed by atoms with Crippen LogP contribution in [-0.2, 0) is 16.1 Å². The molecule has 1 atom stereocenters. The minimum Gasteiger partial charge on any atom is -0.356 e. The largest absolute Gasteiger partial charge is 0.356 e. The van der Waals surface area contributed by atoms with Crippen molar-refractivity contribution in [1.82, 2.24) is 15.1 Å². The summed E-state index contributed by atoms with van der Waals surface area (Å²) in [5.41, 5.74) is 0.951. The number of rotatable bonds is 7. The van der Waals surface area contributed by atoms with E-state index in [-0.39, 0.29) is 29.5 Å². The van der Waals surface area contributed by atoms with Gasteiger partial charge in [-0.05, 0) is 62.3 Å². The Hall–Kier alpha value is -1.95. The molecule has 0 unspecified atom stereocenters. The average Bonchev–Trinajstić information content (AvgIpc) is 2.73. The highest BCUT2D eigenvalue weighted by Gasteiger charge is 2.33. The van der Waals surface area contributed by atoms with Gasteiger partial charge in [0.15, 0.2) is 0 Å². The summed E-state index contributed by atoms with van der Waals surface area (Å²) in [6.07, 6.45) is 4.39. The lowest BCUT2D eigenvalue weighted by Gasteiger charge is -2.37. The summed E-state index contributed by atoms with van der Waals surface area (Å²) < 4.78 is 13.5. The quantitative estimate of drug-likeness (QED) is 0.739. The number of piperidine rings is 2. The normalized spacial score (nSPS) is 21.1. The SMILES string of the molecule is CC(C)CCNC(=O)C1CCN(C(=O)[C@H]2CCCN(Cc3cccc(F)c3)C2)CC1. The molecule has 5 nitrogen and oxygen atoms in total. The number of halogens is 1. The van der Waals surface area contributed by atoms with Crippen molar-refractivity contribution in [3.8, 4) is 0 Å². The van der Waals surface area contributed by atoms with Gasteiger partial charge in [-0.2, -0.15) is 0 Å². The first-order chi connectivity index (χ1) is 14.4. The summed E-state index contributed by atoms with van der Waals surface area (Å²) in [5, 5.41) is 3.05. The number of carbonyl (C=O) groups is 2. The van der Waals surface area contributed by atoms with Crippen LogP contribution in [0.4, 0.5) is 4.39 Å². The molecular weight excluding hydrogens is 381 g/mol. The predicted octanol–water partition coefficient (Wildman–Crippen LogP) is 3.44. The molecule has 0 radical (unpaired) electrons. The molecule has 2 aliphatic rings. The van der Waals surface area contributed by atoms with Gasteiger partial charge in [-0.1, -0.05) is 26.0 Å². The molecule has 0 aromatic heterocycles. The highest BCUT2D eigenvalue weighted by Crippen LogP contribution is 2.24. The molecule has 0 bridgehead atoms. The molecule has 1 aromatic carbocycles. The average molecular weight is 418 g/mol. The van der Waals surface area contributed by atoms with E-state index in [0.717, 1.165) is 57.3 Å². The van der Waals surface area contributed by atoms with E-state index >= 15 is 0 Å². The van der Waals surface area contributed by atoms with Crippen molar-refractivity contribution in [1.29, 1.82) is 0 Å². The van der Waals surface area contributed by atoms with Gasteiger partial charge < -0.3 is 10.2 Å². The molecule has 2 aliphatic heterocycles. The van der Waals surface area contributed by atoms with Crippen LogP contribution < -0.4 is 5.32 Å². The lowest BCUT2D eigenvalue weighted by Crippen LogP contribution is -2.48. The second kappa shape index (κ2) is 10.9. The van der Waals surface area contributed by atoms with Gasteiger partial charge in [0.25, 0.3) is 0 Å². The fraction of sp³-hybridized carbons (Fsp3) is 0.667. The summed E-state index contributed by atoms with van der Waals surface area (Å²) in [6, 6.07) is 6.70. The maximum atomic E-state index is 13.5. The van der Waals surface area contributed by atoms with Crippen LogP contribution in [0.15, 0.2) is 24.3 Å². The third-order valence-corrected chi connectivity index (χ3v) is 6.35. The van der Waals surface area contributed by atoms with E-state index in [4.69, 9.17) is 0 Å². The van der Waals surface area contributed by atoms with Crippen molar-refractivity contribution in [2.24, 2.45) is 17.8 Å². The molecule has 3 rings (SSSR count). The molecule has 166 valence electrons. The fourth-order valence-electron chi connectivity index (χ4n) is 4.54. The van der Waals surface area contributed by atoms with Gasteiger partial charge in [0, 0.05) is 38.6 Å². The minimum absolute atomic E-state index is 0.00345. The number of likely N-dealkylation sites (tertiary alicyclic amines) is 2. The van der Waals surface area contributed by atoms with E-state index in [1.54, 1.807) is 12.1 Å². The topological polar surface area (TPSA) is 52.7 Å². The summed E-state index contributed by atoms with van der Waals surface area (Å²) in [5.74, 6) is 0.758. The summed E-state index contributed by atoms with van der Waals surface area (Å²) in [4.78, 5) is 29.6. The van der Waals surface area contributed by atoms with Gasteiger partial charge in [-0.25, -0.2) is 4.39 Å². The first-order valence-corrected chi connectivity index (χ1v) is 11.5. The smallest absolute Gasteiger partial charge is 0.226 e. The molecular formula is C24H36FN3O2. The van der Waals surface area contributed by atoms with E-state index in [2.05, 4.69) is 24.1 Å². The second-order valence-corrected chi connectivity index (χ2v) is 9.28. The number of hydrogen-bond donors (Lipinski definition) is 1. The molecule has 1 N–H and O–H groups in total. The van der Waals surface area contributed by atoms with Crippen LogP contribution in [-0.4, -0.2) is 54.3 Å². The fourth-order valence-corrected chi connectivity index (χ4v) is 4.54. The summed E-state index contributed by atoms with van der Waals surface area (Å²) in [7, 11) is 0. The molecule has 2 saturated heterocycles. The molecule has 0 saturated carbocycles. The van der Waals surface area contributed by atoms with Crippen LogP contribution in [0.5, 0.6) is 0 Å². The standard InChI is InChI=1S/C24H36FN3O2/c1-18(2)8-11-26-23(29)20-9-13-28(14-10-20)24(30)21-6-4-12-27(17-21)16-19-5-3-7-22(25)15-19/h3,5,7,15,18,20-21H,4,6,8-14,16-17H2,1-2H3,(H,26,29)/t21-/m0/s1. The Balaban J connectivity index is 1.44. The van der Waals surface area contributed by atoms with Gasteiger partial charge in [-0.15, -0.1) is 0 Å². The van der Waals surface area contributed by atoms with Crippen molar-refractivity contribution < 1.29 is 14.0 Å². The van der Waals surface area contributed by atoms with E-state index in [1.165, 1.54) is 6.07 Å². The highest BCUT2D eigenvalue weighted by atomic mass is 19.1. The third kappa shape index (κ3) is 6.53. The van der Waals surface area contributed by atoms with E-state index in [0.29, 0.717) is 25.6 Å². The van der Waals surface area contributed by atoms with E-state index in [9.17, 15) is 14.0 Å². The molecule has 0 spiro atoms. The molecule has 2 amide bonds. The number of carbonyl (C=O) groups excluding carboxylic acids is 2. The van der Waals surface area contributed by atoms with Crippen molar-refractivity contribution in [2.45, 2.75) is 52.5 Å². The van der Waals surface area contributed by atoms with E-state index in [1.807, 2.05) is 11.0 Å². The van der Waals surface area contributed by atoms with Gasteiger partial charge in [0.2, 0.25) is 11.8 Å². The molecule has 0 aliphatic carbocycles. The molecule has 1 aromatic rings.